The lowest BCUT2D eigenvalue weighted by Crippen LogP contribution is -2.26. The molecule has 2 aromatic carbocycles. The Labute approximate surface area is 166 Å². The number of ether oxygens (including phenoxy) is 1. The predicted molar refractivity (Wildman–Crippen MR) is 113 cm³/mol. The van der Waals surface area contributed by atoms with Crippen LogP contribution in [-0.4, -0.2) is 33.7 Å². The minimum absolute atomic E-state index is 0.225. The maximum atomic E-state index is 11.9. The Balaban J connectivity index is 1.73. The number of hydrogen-bond acceptors (Lipinski definition) is 4. The van der Waals surface area contributed by atoms with Crippen molar-refractivity contribution >= 4 is 27.7 Å². The minimum Gasteiger partial charge on any atom is -0.492 e. The van der Waals surface area contributed by atoms with E-state index < -0.39 is 10.0 Å². The molecule has 0 radical (unpaired) electrons. The highest BCUT2D eigenvalue weighted by atomic mass is 32.2. The zero-order valence-corrected chi connectivity index (χ0v) is 17.1. The van der Waals surface area contributed by atoms with Crippen molar-refractivity contribution in [1.82, 2.24) is 5.32 Å². The molecule has 0 aliphatic rings. The lowest BCUT2D eigenvalue weighted by atomic mass is 10.0. The molecule has 2 aromatic rings. The van der Waals surface area contributed by atoms with Crippen molar-refractivity contribution in [3.05, 3.63) is 65.7 Å². The first-order chi connectivity index (χ1) is 13.2. The van der Waals surface area contributed by atoms with E-state index in [0.29, 0.717) is 24.8 Å². The Morgan fingerprint density at radius 3 is 2.29 bits per heavy atom. The molecule has 0 heterocycles. The van der Waals surface area contributed by atoms with Crippen LogP contribution in [0.5, 0.6) is 5.75 Å². The molecule has 0 saturated carbocycles. The van der Waals surface area contributed by atoms with Crippen LogP contribution in [0.1, 0.15) is 30.9 Å². The van der Waals surface area contributed by atoms with Crippen molar-refractivity contribution in [3.63, 3.8) is 0 Å². The van der Waals surface area contributed by atoms with Crippen molar-refractivity contribution in [3.8, 4) is 5.75 Å². The first-order valence-corrected chi connectivity index (χ1v) is 10.9. The summed E-state index contributed by atoms with van der Waals surface area (Å²) in [7, 11) is -3.30. The zero-order valence-electron chi connectivity index (χ0n) is 16.3. The highest BCUT2D eigenvalue weighted by Crippen LogP contribution is 2.18. The first-order valence-electron chi connectivity index (χ1n) is 8.99. The second kappa shape index (κ2) is 9.94. The van der Waals surface area contributed by atoms with E-state index in [-0.39, 0.29) is 5.91 Å². The van der Waals surface area contributed by atoms with Gasteiger partial charge in [-0.3, -0.25) is 9.52 Å². The molecule has 0 fully saturated rings. The number of sulfonamides is 1. The second-order valence-electron chi connectivity index (χ2n) is 6.69. The summed E-state index contributed by atoms with van der Waals surface area (Å²) in [6.07, 6.45) is 4.18. The molecule has 2 N–H and O–H groups in total. The standard InChI is InChI=1S/C21H26N2O4S/c1-16(2)18-7-11-20(12-8-18)27-15-14-22-21(24)13-6-17-4-9-19(10-5-17)23-28(3,25)26/h4-13,16,23H,14-15H2,1-3H3,(H,22,24)/b13-6+. The van der Waals surface area contributed by atoms with Gasteiger partial charge in [-0.05, 0) is 47.4 Å². The Hall–Kier alpha value is -2.80. The van der Waals surface area contributed by atoms with Gasteiger partial charge in [-0.15, -0.1) is 0 Å². The van der Waals surface area contributed by atoms with E-state index in [4.69, 9.17) is 4.74 Å². The number of carbonyl (C=O) groups excluding carboxylic acids is 1. The van der Waals surface area contributed by atoms with Crippen molar-refractivity contribution in [2.45, 2.75) is 19.8 Å². The van der Waals surface area contributed by atoms with Crippen LogP contribution in [0.25, 0.3) is 6.08 Å². The molecule has 0 aliphatic carbocycles. The van der Waals surface area contributed by atoms with Crippen LogP contribution in [0.4, 0.5) is 5.69 Å². The molecule has 0 aromatic heterocycles. The third kappa shape index (κ3) is 7.84. The van der Waals surface area contributed by atoms with Gasteiger partial charge in [0.1, 0.15) is 12.4 Å². The fraction of sp³-hybridized carbons (Fsp3) is 0.286. The van der Waals surface area contributed by atoms with Crippen molar-refractivity contribution in [2.24, 2.45) is 0 Å². The van der Waals surface area contributed by atoms with E-state index in [9.17, 15) is 13.2 Å². The first kappa shape index (κ1) is 21.5. The number of carbonyl (C=O) groups is 1. The maximum Gasteiger partial charge on any atom is 0.244 e. The van der Waals surface area contributed by atoms with Crippen molar-refractivity contribution in [2.75, 3.05) is 24.1 Å². The zero-order chi connectivity index (χ0) is 20.6. The summed E-state index contributed by atoms with van der Waals surface area (Å²) in [5.41, 5.74) is 2.52. The van der Waals surface area contributed by atoms with E-state index in [1.165, 1.54) is 11.6 Å². The van der Waals surface area contributed by atoms with E-state index in [1.807, 2.05) is 24.3 Å². The average Bonchev–Trinajstić information content (AvgIpc) is 2.64. The average molecular weight is 403 g/mol. The molecule has 7 heteroatoms. The van der Waals surface area contributed by atoms with Gasteiger partial charge < -0.3 is 10.1 Å². The molecule has 0 unspecified atom stereocenters. The highest BCUT2D eigenvalue weighted by Gasteiger charge is 2.02. The summed E-state index contributed by atoms with van der Waals surface area (Å²) < 4.78 is 30.3. The summed E-state index contributed by atoms with van der Waals surface area (Å²) in [4.78, 5) is 11.9. The summed E-state index contributed by atoms with van der Waals surface area (Å²) in [5, 5.41) is 2.75. The lowest BCUT2D eigenvalue weighted by Gasteiger charge is -2.09. The molecule has 150 valence electrons. The van der Waals surface area contributed by atoms with Gasteiger partial charge >= 0.3 is 0 Å². The molecular formula is C21H26N2O4S. The van der Waals surface area contributed by atoms with E-state index in [1.54, 1.807) is 30.3 Å². The molecule has 0 saturated heterocycles. The lowest BCUT2D eigenvalue weighted by molar-refractivity contribution is -0.116. The molecule has 28 heavy (non-hydrogen) atoms. The Kier molecular flexibility index (Phi) is 7.63. The maximum absolute atomic E-state index is 11.9. The Morgan fingerprint density at radius 2 is 1.71 bits per heavy atom. The fourth-order valence-corrected chi connectivity index (χ4v) is 2.96. The van der Waals surface area contributed by atoms with Crippen LogP contribution in [0.15, 0.2) is 54.6 Å². The molecular weight excluding hydrogens is 376 g/mol. The number of hydrogen-bond donors (Lipinski definition) is 2. The van der Waals surface area contributed by atoms with Crippen LogP contribution in [0, 0.1) is 0 Å². The molecule has 0 aliphatic heterocycles. The van der Waals surface area contributed by atoms with Gasteiger partial charge in [-0.25, -0.2) is 8.42 Å². The smallest absolute Gasteiger partial charge is 0.244 e. The van der Waals surface area contributed by atoms with Gasteiger partial charge in [-0.2, -0.15) is 0 Å². The van der Waals surface area contributed by atoms with Gasteiger partial charge in [0.05, 0.1) is 12.8 Å². The number of amides is 1. The van der Waals surface area contributed by atoms with Crippen LogP contribution < -0.4 is 14.8 Å². The van der Waals surface area contributed by atoms with Crippen molar-refractivity contribution in [1.29, 1.82) is 0 Å². The van der Waals surface area contributed by atoms with Gasteiger partial charge in [0.2, 0.25) is 15.9 Å². The summed E-state index contributed by atoms with van der Waals surface area (Å²) >= 11 is 0. The summed E-state index contributed by atoms with van der Waals surface area (Å²) in [6, 6.07) is 14.7. The molecule has 0 atom stereocenters. The quantitative estimate of drug-likeness (QED) is 0.497. The second-order valence-corrected chi connectivity index (χ2v) is 8.44. The number of anilines is 1. The minimum atomic E-state index is -3.30. The van der Waals surface area contributed by atoms with Crippen LogP contribution in [0.2, 0.25) is 0 Å². The van der Waals surface area contributed by atoms with Crippen LogP contribution in [0.3, 0.4) is 0 Å². The highest BCUT2D eigenvalue weighted by molar-refractivity contribution is 7.92. The van der Waals surface area contributed by atoms with Gasteiger partial charge in [0.25, 0.3) is 0 Å². The van der Waals surface area contributed by atoms with E-state index in [0.717, 1.165) is 17.6 Å². The number of nitrogens with one attached hydrogen (secondary N) is 2. The normalized spacial score (nSPS) is 11.6. The van der Waals surface area contributed by atoms with E-state index >= 15 is 0 Å². The number of benzene rings is 2. The van der Waals surface area contributed by atoms with Crippen molar-refractivity contribution < 1.29 is 17.9 Å². The number of rotatable bonds is 9. The molecule has 2 rings (SSSR count). The SMILES string of the molecule is CC(C)c1ccc(OCCNC(=O)/C=C/c2ccc(NS(C)(=O)=O)cc2)cc1. The molecule has 0 bridgehead atoms. The summed E-state index contributed by atoms with van der Waals surface area (Å²) in [6.45, 7) is 5.05. The topological polar surface area (TPSA) is 84.5 Å². The monoisotopic (exact) mass is 402 g/mol. The largest absolute Gasteiger partial charge is 0.492 e. The third-order valence-electron chi connectivity index (χ3n) is 3.86. The molecule has 6 nitrogen and oxygen atoms in total. The molecule has 1 amide bonds. The summed E-state index contributed by atoms with van der Waals surface area (Å²) in [5.74, 6) is 1.03. The van der Waals surface area contributed by atoms with Gasteiger partial charge in [0.15, 0.2) is 0 Å². The van der Waals surface area contributed by atoms with Gasteiger partial charge in [-0.1, -0.05) is 38.1 Å². The van der Waals surface area contributed by atoms with Gasteiger partial charge in [0, 0.05) is 11.8 Å². The third-order valence-corrected chi connectivity index (χ3v) is 4.46. The van der Waals surface area contributed by atoms with E-state index in [2.05, 4.69) is 23.9 Å². The Bertz CT molecular complexity index is 902. The van der Waals surface area contributed by atoms with Crippen LogP contribution in [-0.2, 0) is 14.8 Å². The van der Waals surface area contributed by atoms with Crippen LogP contribution >= 0.6 is 0 Å². The Morgan fingerprint density at radius 1 is 1.07 bits per heavy atom. The fourth-order valence-electron chi connectivity index (χ4n) is 2.40. The molecule has 0 spiro atoms. The predicted octanol–water partition coefficient (Wildman–Crippen LogP) is 3.39.